The molecule has 4 aliphatic carbocycles. The number of thiazole rings is 2. The van der Waals surface area contributed by atoms with Gasteiger partial charge in [-0.25, -0.2) is 41.2 Å². The van der Waals surface area contributed by atoms with Crippen molar-refractivity contribution in [3.63, 3.8) is 0 Å². The van der Waals surface area contributed by atoms with E-state index in [1.54, 1.807) is 24.5 Å². The lowest BCUT2D eigenvalue weighted by molar-refractivity contribution is -0.149. The van der Waals surface area contributed by atoms with Crippen LogP contribution in [0.25, 0.3) is 0 Å². The predicted octanol–water partition coefficient (Wildman–Crippen LogP) is 9.86. The molecule has 0 spiro atoms. The van der Waals surface area contributed by atoms with Crippen LogP contribution in [0, 0.1) is 22.7 Å². The van der Waals surface area contributed by atoms with Gasteiger partial charge in [0.25, 0.3) is 11.8 Å². The maximum Gasteiger partial charge on any atom is 0.410 e. The van der Waals surface area contributed by atoms with E-state index in [-0.39, 0.29) is 86.1 Å². The lowest BCUT2D eigenvalue weighted by atomic mass is 9.85. The summed E-state index contributed by atoms with van der Waals surface area (Å²) in [5, 5.41) is 20.7. The number of carbonyl (C=O) groups is 8. The number of likely N-dealkylation sites (tertiary alicyclic amines) is 2. The molecule has 0 unspecified atom stereocenters. The lowest BCUT2D eigenvalue weighted by Gasteiger charge is -2.35. The van der Waals surface area contributed by atoms with Gasteiger partial charge in [0, 0.05) is 58.1 Å². The SMILES string of the molecule is CC(C)c1cnc(N[C@H](C(=O)N2C[C@H](OC(=O)N3Cc4cccc(Cl)c4C3)C[C@H]2C(=O)O)C(C)(C)C)s1.CC[C@@H]1C[C@]1(N)C(=O)NS(=O)(=O)C1CC1.CC[C@@H]1C[C@]1(NC(=O)[C@@H]1C[C@@H](OC(=O)N2Cc3cccc(Cl)c3C2)CN1C(=O)[C@@H](Nc1ncc(C(C)C)s1)C(C)(C)C)C(=O)NS(=O)(=O)C1CC1.Cl. The van der Waals surface area contributed by atoms with Crippen LogP contribution in [0.3, 0.4) is 0 Å². The second kappa shape index (κ2) is 31.7. The summed E-state index contributed by atoms with van der Waals surface area (Å²) >= 11 is 15.6. The summed E-state index contributed by atoms with van der Waals surface area (Å²) < 4.78 is 64.3. The number of hydrogen-bond donors (Lipinski definition) is 7. The molecule has 2 saturated heterocycles. The van der Waals surface area contributed by atoms with Crippen LogP contribution in [0.4, 0.5) is 19.9 Å². The molecular formula is C70H97Cl3N12O15S4. The molecule has 4 saturated carbocycles. The Morgan fingerprint density at radius 1 is 0.635 bits per heavy atom. The molecule has 4 aliphatic heterocycles. The number of hydrogen-bond acceptors (Lipinski definition) is 21. The van der Waals surface area contributed by atoms with Crippen molar-refractivity contribution in [2.45, 2.75) is 243 Å². The summed E-state index contributed by atoms with van der Waals surface area (Å²) in [4.78, 5) is 123. The highest BCUT2D eigenvalue weighted by Crippen LogP contribution is 2.48. The summed E-state index contributed by atoms with van der Waals surface area (Å²) in [5.41, 5.74) is 5.89. The number of anilines is 2. The number of amides is 7. The quantitative estimate of drug-likeness (QED) is 0.0408. The van der Waals surface area contributed by atoms with Crippen molar-refractivity contribution in [3.05, 3.63) is 90.8 Å². The van der Waals surface area contributed by atoms with E-state index in [1.165, 1.54) is 42.3 Å². The normalized spacial score (nSPS) is 24.5. The summed E-state index contributed by atoms with van der Waals surface area (Å²) in [5.74, 6) is -3.36. The highest BCUT2D eigenvalue weighted by molar-refractivity contribution is 7.91. The maximum absolute atomic E-state index is 14.6. The average molecular weight is 1580 g/mol. The molecule has 572 valence electrons. The van der Waals surface area contributed by atoms with Crippen LogP contribution in [-0.2, 0) is 84.5 Å². The van der Waals surface area contributed by atoms with Gasteiger partial charge in [0.2, 0.25) is 37.8 Å². The van der Waals surface area contributed by atoms with Gasteiger partial charge < -0.3 is 46.1 Å². The standard InChI is InChI=1S/C35H47ClN6O7S2.C26H33ClN4O5S.C9H16N2O3S.ClH/c1-7-21-14-35(21,31(45)40-51(47,48)23-11-12-23)39-29(43)26-13-22(49-33(46)41-16-20-9-8-10-25(36)24(20)18-41)17-42(26)30(44)28(34(4,5)6)38-32-37-15-27(50-32)19(2)3;1-14(2)20-10-28-24(37-20)29-21(26(3,4)5)22(32)31-12-16(9-19(31)23(33)34)36-25(35)30-11-15-7-6-8-18(27)17(15)13-30;1-2-6-5-9(6,10)8(12)11-15(13,14)7-3-4-7;/h8-10,15,19,21-23,26,28H,7,11-14,16-18H2,1-6H3,(H,37,38)(H,39,43)(H,40,45);6-8,10,14,16,19,21H,9,11-13H2,1-5H3,(H,28,29)(H,33,34);6-7H,2-5,10H2,1H3,(H,11,12);1H/t21-,22-,26+,28-,35-;16-,19+,21-;6-,9-;/m111./s1. The van der Waals surface area contributed by atoms with Crippen molar-refractivity contribution in [1.29, 1.82) is 0 Å². The molecule has 12 rings (SSSR count). The molecule has 4 aromatic rings. The number of carboxylic acid groups (broad SMARTS) is 1. The van der Waals surface area contributed by atoms with Crippen LogP contribution < -0.4 is 31.1 Å². The van der Waals surface area contributed by atoms with E-state index in [9.17, 15) is 60.3 Å². The molecule has 34 heteroatoms. The Morgan fingerprint density at radius 3 is 1.40 bits per heavy atom. The zero-order chi connectivity index (χ0) is 75.4. The maximum atomic E-state index is 14.6. The third-order valence-electron chi connectivity index (χ3n) is 20.3. The summed E-state index contributed by atoms with van der Waals surface area (Å²) in [6.45, 7) is 24.8. The van der Waals surface area contributed by atoms with Gasteiger partial charge in [0.15, 0.2) is 10.3 Å². The molecule has 2 aromatic carbocycles. The van der Waals surface area contributed by atoms with Crippen molar-refractivity contribution < 1.29 is 69.8 Å². The van der Waals surface area contributed by atoms with E-state index >= 15 is 0 Å². The molecule has 27 nitrogen and oxygen atoms in total. The minimum atomic E-state index is -3.85. The smallest absolute Gasteiger partial charge is 0.410 e. The van der Waals surface area contributed by atoms with E-state index in [1.807, 2.05) is 79.7 Å². The molecule has 8 aliphatic rings. The zero-order valence-electron chi connectivity index (χ0n) is 60.6. The van der Waals surface area contributed by atoms with E-state index in [4.69, 9.17) is 38.4 Å². The fourth-order valence-corrected chi connectivity index (χ4v) is 18.4. The van der Waals surface area contributed by atoms with Crippen molar-refractivity contribution >= 4 is 136 Å². The van der Waals surface area contributed by atoms with Crippen LogP contribution in [-0.4, -0.2) is 170 Å². The summed E-state index contributed by atoms with van der Waals surface area (Å²) in [6, 6.07) is 7.31. The van der Waals surface area contributed by atoms with Gasteiger partial charge in [0.1, 0.15) is 41.9 Å². The molecule has 8 N–H and O–H groups in total. The van der Waals surface area contributed by atoms with Crippen LogP contribution in [0.1, 0.15) is 191 Å². The van der Waals surface area contributed by atoms with Crippen LogP contribution in [0.5, 0.6) is 0 Å². The Morgan fingerprint density at radius 2 is 1.05 bits per heavy atom. The number of benzene rings is 2. The topological polar surface area (TPSA) is 368 Å². The first-order chi connectivity index (χ1) is 48.2. The van der Waals surface area contributed by atoms with Gasteiger partial charge in [-0.15, -0.1) is 35.1 Å². The van der Waals surface area contributed by atoms with Crippen molar-refractivity contribution in [2.75, 3.05) is 23.7 Å². The zero-order valence-corrected chi connectivity index (χ0v) is 66.2. The molecular weight excluding hydrogens is 1480 g/mol. The minimum Gasteiger partial charge on any atom is -0.480 e. The number of rotatable bonds is 21. The predicted molar refractivity (Wildman–Crippen MR) is 398 cm³/mol. The number of nitrogens with two attached hydrogens (primary N) is 1. The van der Waals surface area contributed by atoms with Gasteiger partial charge >= 0.3 is 18.2 Å². The molecule has 104 heavy (non-hydrogen) atoms. The first-order valence-electron chi connectivity index (χ1n) is 35.1. The van der Waals surface area contributed by atoms with E-state index < -0.39 is 119 Å². The molecule has 0 bridgehead atoms. The monoisotopic (exact) mass is 1580 g/mol. The first kappa shape index (κ1) is 81.5. The Hall–Kier alpha value is -6.61. The lowest BCUT2D eigenvalue weighted by Crippen LogP contribution is -2.58. The minimum absolute atomic E-state index is 0. The number of fused-ring (bicyclic) bond motifs is 2. The van der Waals surface area contributed by atoms with Gasteiger partial charge in [-0.1, -0.05) is 143 Å². The number of ether oxygens (including phenoxy) is 2. The van der Waals surface area contributed by atoms with Crippen molar-refractivity contribution in [2.24, 2.45) is 28.4 Å². The van der Waals surface area contributed by atoms with E-state index in [0.717, 1.165) is 38.4 Å². The van der Waals surface area contributed by atoms with Gasteiger partial charge in [-0.3, -0.25) is 43.2 Å². The molecule has 6 fully saturated rings. The Balaban J connectivity index is 0.000000205. The molecule has 10 atom stereocenters. The fraction of sp³-hybridized carbons (Fsp3) is 0.629. The molecule has 0 radical (unpaired) electrons. The Bertz CT molecular complexity index is 4160. The Kier molecular flexibility index (Phi) is 24.8. The second-order valence-corrected chi connectivity index (χ2v) is 38.0. The van der Waals surface area contributed by atoms with Gasteiger partial charge in [-0.05, 0) is 107 Å². The van der Waals surface area contributed by atoms with Gasteiger partial charge in [-0.2, -0.15) is 0 Å². The fourth-order valence-electron chi connectivity index (χ4n) is 13.4. The number of halogens is 3. The summed E-state index contributed by atoms with van der Waals surface area (Å²) in [7, 11) is -7.29. The molecule has 2 aromatic heterocycles. The number of aliphatic carboxylic acids is 1. The number of carbonyl (C=O) groups excluding carboxylic acids is 7. The average Bonchev–Trinajstić information content (AvgIpc) is 1.57. The largest absolute Gasteiger partial charge is 0.480 e. The highest BCUT2D eigenvalue weighted by Gasteiger charge is 2.63. The number of nitrogens with zero attached hydrogens (tertiary/aromatic N) is 6. The van der Waals surface area contributed by atoms with E-state index in [0.29, 0.717) is 84.4 Å². The molecule has 7 amide bonds. The second-order valence-electron chi connectivity index (χ2n) is 31.1. The number of nitrogens with one attached hydrogen (secondary N) is 5. The number of carboxylic acids is 1. The Labute approximate surface area is 632 Å². The molecule has 6 heterocycles. The first-order valence-corrected chi connectivity index (χ1v) is 40.6. The van der Waals surface area contributed by atoms with Gasteiger partial charge in [0.05, 0.1) is 42.2 Å². The third-order valence-corrected chi connectivity index (χ3v) is 27.1. The van der Waals surface area contributed by atoms with Crippen molar-refractivity contribution in [3.8, 4) is 0 Å². The van der Waals surface area contributed by atoms with Crippen molar-refractivity contribution in [1.82, 2.24) is 44.3 Å². The number of aromatic nitrogens is 2. The van der Waals surface area contributed by atoms with E-state index in [2.05, 4.69) is 63.1 Å². The third kappa shape index (κ3) is 18.5. The summed E-state index contributed by atoms with van der Waals surface area (Å²) in [6.07, 6.45) is 5.36. The number of sulfonamides is 2. The van der Waals surface area contributed by atoms with Crippen LogP contribution in [0.2, 0.25) is 10.0 Å². The van der Waals surface area contributed by atoms with Crippen LogP contribution >= 0.6 is 58.3 Å². The highest BCUT2D eigenvalue weighted by atomic mass is 35.5. The van der Waals surface area contributed by atoms with Crippen LogP contribution in [0.15, 0.2) is 48.8 Å².